The Bertz CT molecular complexity index is 583. The van der Waals surface area contributed by atoms with Crippen LogP contribution >= 0.6 is 27.9 Å². The molecule has 0 radical (unpaired) electrons. The highest BCUT2D eigenvalue weighted by molar-refractivity contribution is 9.10. The van der Waals surface area contributed by atoms with Crippen molar-refractivity contribution >= 4 is 33.8 Å². The maximum atomic E-state index is 12.7. The molecule has 1 heterocycles. The number of halogens is 1. The van der Waals surface area contributed by atoms with Crippen LogP contribution in [0.4, 0.5) is 0 Å². The number of hydrogen-bond donors (Lipinski definition) is 1. The minimum atomic E-state index is 0.0281. The van der Waals surface area contributed by atoms with Crippen LogP contribution in [-0.4, -0.2) is 35.6 Å². The lowest BCUT2D eigenvalue weighted by molar-refractivity contribution is 0.0863. The van der Waals surface area contributed by atoms with Gasteiger partial charge in [0, 0.05) is 29.9 Å². The Balaban J connectivity index is 2.01. The number of benzene rings is 1. The predicted octanol–water partition coefficient (Wildman–Crippen LogP) is 5.28. The first-order chi connectivity index (χ1) is 11.8. The van der Waals surface area contributed by atoms with Crippen LogP contribution in [0.3, 0.4) is 0 Å². The third-order valence-corrected chi connectivity index (χ3v) is 6.57. The quantitative estimate of drug-likeness (QED) is 0.601. The van der Waals surface area contributed by atoms with Crippen LogP contribution in [0.5, 0.6) is 0 Å². The lowest BCUT2D eigenvalue weighted by atomic mass is 9.73. The molecule has 3 nitrogen and oxygen atoms in total. The Morgan fingerprint density at radius 1 is 1.36 bits per heavy atom. The highest BCUT2D eigenvalue weighted by Gasteiger charge is 2.35. The third kappa shape index (κ3) is 6.00. The van der Waals surface area contributed by atoms with E-state index in [9.17, 15) is 4.79 Å². The first-order valence-electron chi connectivity index (χ1n) is 9.27. The van der Waals surface area contributed by atoms with Crippen molar-refractivity contribution in [1.82, 2.24) is 9.62 Å². The van der Waals surface area contributed by atoms with E-state index in [1.165, 1.54) is 6.42 Å². The Labute approximate surface area is 165 Å². The summed E-state index contributed by atoms with van der Waals surface area (Å²) in [6, 6.07) is 5.90. The Kier molecular flexibility index (Phi) is 7.84. The number of hydrogen-bond acceptors (Lipinski definition) is 3. The van der Waals surface area contributed by atoms with Crippen molar-refractivity contribution in [3.05, 3.63) is 33.8 Å². The van der Waals surface area contributed by atoms with Gasteiger partial charge in [-0.2, -0.15) is 0 Å². The molecular weight excluding hydrogens is 396 g/mol. The first kappa shape index (κ1) is 20.8. The standard InChI is InChI=1S/C20H31BrN2OS/c1-5-25-23-10-8-20(9-11-23,13-15(2)3)14-22-19(24)17-7-6-16(4)12-18(17)21/h6-7,12,15H,5,8-11,13-14H2,1-4H3,(H,22,24). The lowest BCUT2D eigenvalue weighted by Crippen LogP contribution is -2.45. The molecule has 2 rings (SSSR count). The number of nitrogens with one attached hydrogen (secondary N) is 1. The average molecular weight is 427 g/mol. The van der Waals surface area contributed by atoms with Gasteiger partial charge in [0.15, 0.2) is 0 Å². The fraction of sp³-hybridized carbons (Fsp3) is 0.650. The normalized spacial score (nSPS) is 17.7. The maximum Gasteiger partial charge on any atom is 0.252 e. The van der Waals surface area contributed by atoms with Crippen LogP contribution in [0.2, 0.25) is 0 Å². The van der Waals surface area contributed by atoms with Crippen molar-refractivity contribution in [2.24, 2.45) is 11.3 Å². The Hall–Kier alpha value is -0.520. The van der Waals surface area contributed by atoms with Crippen molar-refractivity contribution in [1.29, 1.82) is 0 Å². The van der Waals surface area contributed by atoms with E-state index in [1.54, 1.807) is 0 Å². The summed E-state index contributed by atoms with van der Waals surface area (Å²) in [5, 5.41) is 3.23. The van der Waals surface area contributed by atoms with Gasteiger partial charge in [0.25, 0.3) is 5.91 Å². The Morgan fingerprint density at radius 3 is 2.60 bits per heavy atom. The van der Waals surface area contributed by atoms with Gasteiger partial charge in [-0.25, -0.2) is 0 Å². The Morgan fingerprint density at radius 2 is 2.04 bits per heavy atom. The van der Waals surface area contributed by atoms with Gasteiger partial charge in [-0.05, 0) is 71.1 Å². The van der Waals surface area contributed by atoms with Gasteiger partial charge in [0.1, 0.15) is 0 Å². The summed E-state index contributed by atoms with van der Waals surface area (Å²) in [5.41, 5.74) is 2.11. The third-order valence-electron chi connectivity index (χ3n) is 4.93. The second-order valence-corrected chi connectivity index (χ2v) is 9.82. The van der Waals surface area contributed by atoms with E-state index in [2.05, 4.69) is 46.3 Å². The highest BCUT2D eigenvalue weighted by Crippen LogP contribution is 2.38. The van der Waals surface area contributed by atoms with Crippen LogP contribution in [-0.2, 0) is 0 Å². The molecule has 1 aromatic carbocycles. The molecule has 1 saturated heterocycles. The zero-order valence-corrected chi connectivity index (χ0v) is 18.3. The number of amides is 1. The van der Waals surface area contributed by atoms with E-state index < -0.39 is 0 Å². The minimum absolute atomic E-state index is 0.0281. The summed E-state index contributed by atoms with van der Waals surface area (Å²) in [7, 11) is 0. The molecule has 5 heteroatoms. The molecule has 0 spiro atoms. The van der Waals surface area contributed by atoms with Crippen LogP contribution in [0.15, 0.2) is 22.7 Å². The van der Waals surface area contributed by atoms with E-state index in [-0.39, 0.29) is 11.3 Å². The molecular formula is C20H31BrN2OS. The predicted molar refractivity (Wildman–Crippen MR) is 112 cm³/mol. The highest BCUT2D eigenvalue weighted by atomic mass is 79.9. The SMILES string of the molecule is CCSN1CCC(CNC(=O)c2ccc(C)cc2Br)(CC(C)C)CC1. The van der Waals surface area contributed by atoms with Crippen LogP contribution in [0.1, 0.15) is 56.0 Å². The van der Waals surface area contributed by atoms with Gasteiger partial charge >= 0.3 is 0 Å². The summed E-state index contributed by atoms with van der Waals surface area (Å²) in [6.07, 6.45) is 3.49. The molecule has 1 aromatic rings. The first-order valence-corrected chi connectivity index (χ1v) is 11.0. The molecule has 0 aliphatic carbocycles. The zero-order chi connectivity index (χ0) is 18.4. The topological polar surface area (TPSA) is 32.3 Å². The van der Waals surface area contributed by atoms with Crippen molar-refractivity contribution in [3.8, 4) is 0 Å². The summed E-state index contributed by atoms with van der Waals surface area (Å²) in [6.45, 7) is 11.8. The summed E-state index contributed by atoms with van der Waals surface area (Å²) in [4.78, 5) is 12.7. The molecule has 0 unspecified atom stereocenters. The van der Waals surface area contributed by atoms with Crippen LogP contribution in [0, 0.1) is 18.3 Å². The number of carbonyl (C=O) groups excluding carboxylic acids is 1. The summed E-state index contributed by atoms with van der Waals surface area (Å²) in [5.74, 6) is 1.81. The zero-order valence-electron chi connectivity index (χ0n) is 15.9. The smallest absolute Gasteiger partial charge is 0.252 e. The van der Waals surface area contributed by atoms with E-state index in [0.717, 1.165) is 53.8 Å². The molecule has 0 aromatic heterocycles. The average Bonchev–Trinajstić information content (AvgIpc) is 2.55. The van der Waals surface area contributed by atoms with Gasteiger partial charge in [0.2, 0.25) is 0 Å². The largest absolute Gasteiger partial charge is 0.351 e. The molecule has 0 atom stereocenters. The van der Waals surface area contributed by atoms with Gasteiger partial charge in [-0.15, -0.1) is 0 Å². The van der Waals surface area contributed by atoms with Crippen LogP contribution in [0.25, 0.3) is 0 Å². The molecule has 140 valence electrons. The monoisotopic (exact) mass is 426 g/mol. The van der Waals surface area contributed by atoms with Gasteiger partial charge < -0.3 is 5.32 Å². The van der Waals surface area contributed by atoms with Crippen molar-refractivity contribution in [2.75, 3.05) is 25.4 Å². The molecule has 0 saturated carbocycles. The second kappa shape index (κ2) is 9.43. The van der Waals surface area contributed by atoms with Gasteiger partial charge in [-0.1, -0.05) is 38.8 Å². The van der Waals surface area contributed by atoms with Crippen LogP contribution < -0.4 is 5.32 Å². The molecule has 1 N–H and O–H groups in total. The van der Waals surface area contributed by atoms with E-state index in [1.807, 2.05) is 37.1 Å². The molecule has 1 fully saturated rings. The number of nitrogens with zero attached hydrogens (tertiary/aromatic N) is 1. The number of aryl methyl sites for hydroxylation is 1. The molecule has 25 heavy (non-hydrogen) atoms. The number of rotatable bonds is 7. The van der Waals surface area contributed by atoms with E-state index in [4.69, 9.17) is 0 Å². The molecule has 1 aliphatic rings. The maximum absolute atomic E-state index is 12.7. The van der Waals surface area contributed by atoms with Crippen molar-refractivity contribution in [3.63, 3.8) is 0 Å². The second-order valence-electron chi connectivity index (χ2n) is 7.61. The van der Waals surface area contributed by atoms with Crippen molar-refractivity contribution in [2.45, 2.75) is 47.0 Å². The molecule has 0 bridgehead atoms. The lowest BCUT2D eigenvalue weighted by Gasteiger charge is -2.42. The van der Waals surface area contributed by atoms with Gasteiger partial charge in [-0.3, -0.25) is 9.10 Å². The van der Waals surface area contributed by atoms with Crippen molar-refractivity contribution < 1.29 is 4.79 Å². The number of carbonyl (C=O) groups is 1. The minimum Gasteiger partial charge on any atom is -0.351 e. The van der Waals surface area contributed by atoms with E-state index in [0.29, 0.717) is 5.92 Å². The fourth-order valence-electron chi connectivity index (χ4n) is 3.76. The number of piperidine rings is 1. The van der Waals surface area contributed by atoms with E-state index >= 15 is 0 Å². The van der Waals surface area contributed by atoms with Gasteiger partial charge in [0.05, 0.1) is 5.56 Å². The summed E-state index contributed by atoms with van der Waals surface area (Å²) >= 11 is 5.46. The molecule has 1 amide bonds. The fourth-order valence-corrected chi connectivity index (χ4v) is 5.24. The molecule has 1 aliphatic heterocycles. The summed E-state index contributed by atoms with van der Waals surface area (Å²) < 4.78 is 3.36.